The molecule has 55 heavy (non-hydrogen) atoms. The van der Waals surface area contributed by atoms with Crippen molar-refractivity contribution in [3.63, 3.8) is 0 Å². The van der Waals surface area contributed by atoms with E-state index in [4.69, 9.17) is 30.0 Å². The number of rotatable bonds is 7. The molecule has 4 nitrogen and oxygen atoms in total. The van der Waals surface area contributed by atoms with Crippen LogP contribution in [0.5, 0.6) is 0 Å². The Balaban J connectivity index is 1.22. The minimum absolute atomic E-state index is 0.149. The molecule has 0 spiro atoms. The normalized spacial score (nSPS) is 15.3. The highest BCUT2D eigenvalue weighted by Gasteiger charge is 2.16. The van der Waals surface area contributed by atoms with E-state index >= 15 is 0 Å². The van der Waals surface area contributed by atoms with Crippen LogP contribution < -0.4 is 0 Å². The maximum atomic E-state index is 9.87. The van der Waals surface area contributed by atoms with Crippen molar-refractivity contribution in [1.29, 1.82) is 0 Å². The minimum atomic E-state index is -0.850. The van der Waals surface area contributed by atoms with Gasteiger partial charge in [-0.1, -0.05) is 176 Å². The Morgan fingerprint density at radius 3 is 1.58 bits per heavy atom. The van der Waals surface area contributed by atoms with E-state index in [9.17, 15) is 6.85 Å². The van der Waals surface area contributed by atoms with Crippen LogP contribution in [0.1, 0.15) is 21.9 Å². The molecule has 4 heteroatoms. The van der Waals surface area contributed by atoms with Crippen molar-refractivity contribution < 1.29 is 21.9 Å². The van der Waals surface area contributed by atoms with Gasteiger partial charge in [0.25, 0.3) is 0 Å². The highest BCUT2D eigenvalue weighted by Crippen LogP contribution is 2.36. The van der Waals surface area contributed by atoms with Crippen LogP contribution >= 0.6 is 0 Å². The minimum Gasteiger partial charge on any atom is -0.309 e. The zero-order chi connectivity index (χ0) is 50.5. The van der Waals surface area contributed by atoms with Crippen molar-refractivity contribution in [3.05, 3.63) is 206 Å². The molecule has 0 radical (unpaired) electrons. The Hall–Kier alpha value is -7.43. The van der Waals surface area contributed by atoms with E-state index in [1.165, 1.54) is 0 Å². The summed E-state index contributed by atoms with van der Waals surface area (Å²) >= 11 is 0. The van der Waals surface area contributed by atoms with Crippen molar-refractivity contribution >= 4 is 21.8 Å². The summed E-state index contributed by atoms with van der Waals surface area (Å²) in [5.41, 5.74) is 1.35. The molecular formula is C51H34N4. The van der Waals surface area contributed by atoms with Crippen molar-refractivity contribution in [2.45, 2.75) is 0 Å². The third kappa shape index (κ3) is 6.16. The van der Waals surface area contributed by atoms with Crippen LogP contribution in [0.4, 0.5) is 0 Å². The molecule has 0 saturated heterocycles. The average molecular weight is 719 g/mol. The molecule has 2 aromatic heterocycles. The van der Waals surface area contributed by atoms with Gasteiger partial charge in [0, 0.05) is 33.2 Å². The second-order valence-electron chi connectivity index (χ2n) is 12.5. The molecule has 0 atom stereocenters. The Morgan fingerprint density at radius 1 is 0.345 bits per heavy atom. The van der Waals surface area contributed by atoms with Gasteiger partial charge < -0.3 is 4.57 Å². The van der Waals surface area contributed by atoms with Gasteiger partial charge in [-0.2, -0.15) is 0 Å². The van der Waals surface area contributed by atoms with Crippen LogP contribution in [0, 0.1) is 0 Å². The van der Waals surface area contributed by atoms with E-state index in [-0.39, 0.29) is 33.2 Å². The van der Waals surface area contributed by atoms with Gasteiger partial charge >= 0.3 is 0 Å². The molecule has 10 aromatic rings. The monoisotopic (exact) mass is 718 g/mol. The summed E-state index contributed by atoms with van der Waals surface area (Å²) in [7, 11) is 0. The Kier molecular flexibility index (Phi) is 4.93. The second kappa shape index (κ2) is 13.8. The van der Waals surface area contributed by atoms with Gasteiger partial charge in [-0.3, -0.25) is 0 Å². The summed E-state index contributed by atoms with van der Waals surface area (Å²) in [6.45, 7) is 0. The number of hydrogen-bond acceptors (Lipinski definition) is 3. The van der Waals surface area contributed by atoms with Gasteiger partial charge in [-0.25, -0.2) is 15.0 Å². The van der Waals surface area contributed by atoms with E-state index in [1.54, 1.807) is 24.3 Å². The van der Waals surface area contributed by atoms with Gasteiger partial charge in [0.05, 0.1) is 33.0 Å². The number of aromatic nitrogens is 4. The molecule has 8 aromatic carbocycles. The summed E-state index contributed by atoms with van der Waals surface area (Å²) < 4.78 is 144. The topological polar surface area (TPSA) is 43.6 Å². The smallest absolute Gasteiger partial charge is 0.164 e. The summed E-state index contributed by atoms with van der Waals surface area (Å²) in [5, 5.41) is -0.603. The second-order valence-corrected chi connectivity index (χ2v) is 12.5. The van der Waals surface area contributed by atoms with E-state index in [0.717, 1.165) is 15.7 Å². The lowest BCUT2D eigenvalue weighted by Gasteiger charge is -2.11. The van der Waals surface area contributed by atoms with Crippen LogP contribution in [0.15, 0.2) is 206 Å². The first-order valence-corrected chi connectivity index (χ1v) is 17.2. The number of fused-ring (bicyclic) bond motifs is 3. The lowest BCUT2D eigenvalue weighted by Crippen LogP contribution is -2.00. The Labute approximate surface area is 342 Å². The first-order valence-electron chi connectivity index (χ1n) is 25.2. The van der Waals surface area contributed by atoms with Gasteiger partial charge in [-0.15, -0.1) is 0 Å². The quantitative estimate of drug-likeness (QED) is 0.165. The zero-order valence-corrected chi connectivity index (χ0v) is 28.7. The van der Waals surface area contributed by atoms with Crippen LogP contribution in [0.25, 0.3) is 95.0 Å². The number of nitrogens with zero attached hydrogens (tertiary/aromatic N) is 4. The predicted octanol–water partition coefficient (Wildman–Crippen LogP) is 13.0. The fourth-order valence-electron chi connectivity index (χ4n) is 6.40. The average Bonchev–Trinajstić information content (AvgIpc) is 3.75. The predicted molar refractivity (Wildman–Crippen MR) is 227 cm³/mol. The van der Waals surface area contributed by atoms with Gasteiger partial charge in [-0.05, 0) is 63.6 Å². The Bertz CT molecular complexity index is 3820. The molecule has 0 aliphatic carbocycles. The summed E-state index contributed by atoms with van der Waals surface area (Å²) in [6.07, 6.45) is 0. The van der Waals surface area contributed by atoms with Crippen LogP contribution in [-0.2, 0) is 0 Å². The third-order valence-electron chi connectivity index (χ3n) is 9.07. The first kappa shape index (κ1) is 19.6. The lowest BCUT2D eigenvalue weighted by molar-refractivity contribution is 1.07. The first-order chi connectivity index (χ1) is 33.9. The molecule has 0 aliphatic heterocycles. The maximum Gasteiger partial charge on any atom is 0.164 e. The molecule has 0 unspecified atom stereocenters. The molecule has 2 heterocycles. The van der Waals surface area contributed by atoms with Gasteiger partial charge in [0.15, 0.2) is 17.5 Å². The van der Waals surface area contributed by atoms with E-state index in [0.29, 0.717) is 28.3 Å². The van der Waals surface area contributed by atoms with Crippen LogP contribution in [0.2, 0.25) is 0 Å². The Morgan fingerprint density at radius 2 is 0.855 bits per heavy atom. The van der Waals surface area contributed by atoms with E-state index in [2.05, 4.69) is 0 Å². The van der Waals surface area contributed by atoms with Gasteiger partial charge in [0.1, 0.15) is 0 Å². The largest absolute Gasteiger partial charge is 0.309 e. The van der Waals surface area contributed by atoms with Crippen molar-refractivity contribution in [1.82, 2.24) is 19.5 Å². The zero-order valence-electron chi connectivity index (χ0n) is 44.7. The molecule has 0 fully saturated rings. The molecular weight excluding hydrogens is 669 g/mol. The fourth-order valence-corrected chi connectivity index (χ4v) is 6.40. The molecule has 0 amide bonds. The molecule has 10 rings (SSSR count). The molecule has 258 valence electrons. The highest BCUT2D eigenvalue weighted by molar-refractivity contribution is 6.10. The van der Waals surface area contributed by atoms with Crippen molar-refractivity contribution in [2.24, 2.45) is 0 Å². The lowest BCUT2D eigenvalue weighted by atomic mass is 10.0. The van der Waals surface area contributed by atoms with E-state index < -0.39 is 119 Å². The maximum absolute atomic E-state index is 9.87. The highest BCUT2D eigenvalue weighted by atomic mass is 15.0. The number of para-hydroxylation sites is 1. The molecule has 0 bridgehead atoms. The van der Waals surface area contributed by atoms with Crippen LogP contribution in [0.3, 0.4) is 0 Å². The van der Waals surface area contributed by atoms with Gasteiger partial charge in [0.2, 0.25) is 0 Å². The summed E-state index contributed by atoms with van der Waals surface area (Å²) in [4.78, 5) is 14.6. The van der Waals surface area contributed by atoms with Crippen LogP contribution in [-0.4, -0.2) is 19.5 Å². The standard InChI is InChI=1S/C51H34N4/c1-4-13-35(14-5-1)37-23-25-40(26-24-37)50-52-49(39-17-8-3-9-18-39)53-51(54-50)43-20-12-19-41(33-43)42-29-32-46-45-21-10-11-22-47(45)55(48(46)34-42)44-30-27-38(28-31-44)36-15-6-2-7-16-36/h1-34H/i2D,6D,7D,10D,11D,15D,16D,21D,22D,27D,28D,29D,30D,31D,32D,34D. The number of hydrogen-bond donors (Lipinski definition) is 0. The number of benzene rings is 8. The summed E-state index contributed by atoms with van der Waals surface area (Å²) in [5.74, 6) is 0.953. The van der Waals surface area contributed by atoms with Crippen molar-refractivity contribution in [3.8, 4) is 73.2 Å². The van der Waals surface area contributed by atoms with E-state index in [1.807, 2.05) is 84.9 Å². The SMILES string of the molecule is [2H]c1c([2H])c([2H])c(-c2c([2H])c([2H])c(-n3c4c([2H])c([2H])c([2H])c([2H])c4c4c([2H])c([2H])c(-c5cccc(-c6nc(-c7ccccc7)nc(-c7ccc(-c8ccccc8)cc7)n6)c5)c([2H])c43)c([2H])c2[2H])c([2H])c1[2H]. The third-order valence-corrected chi connectivity index (χ3v) is 9.07. The summed E-state index contributed by atoms with van der Waals surface area (Å²) in [6, 6.07) is 21.9. The van der Waals surface area contributed by atoms with Crippen molar-refractivity contribution in [2.75, 3.05) is 0 Å². The molecule has 0 aliphatic rings. The molecule has 0 N–H and O–H groups in total. The fraction of sp³-hybridized carbons (Fsp3) is 0. The molecule has 0 saturated carbocycles.